The van der Waals surface area contributed by atoms with Crippen LogP contribution in [0.1, 0.15) is 15.9 Å². The van der Waals surface area contributed by atoms with E-state index in [1.165, 1.54) is 6.07 Å². The van der Waals surface area contributed by atoms with E-state index in [0.717, 1.165) is 0 Å². The Morgan fingerprint density at radius 3 is 2.75 bits per heavy atom. The summed E-state index contributed by atoms with van der Waals surface area (Å²) in [4.78, 5) is 12.6. The van der Waals surface area contributed by atoms with Crippen LogP contribution in [0.2, 0.25) is 5.02 Å². The Bertz CT molecular complexity index is 633. The number of carbonyl (C=O) groups excluding carboxylic acids is 1. The molecule has 1 N–H and O–H groups in total. The second-order valence-corrected chi connectivity index (χ2v) is 5.19. The standard InChI is InChI=1S/C15H13ClFNOS/c16-13-6-5-11(20)9-12(13)15(19)18-8-7-10-3-1-2-4-14(10)17/h1-6,9,20H,7-8H2,(H,18,19). The van der Waals surface area contributed by atoms with Gasteiger partial charge in [-0.05, 0) is 36.2 Å². The molecule has 0 bridgehead atoms. The molecule has 0 fully saturated rings. The van der Waals surface area contributed by atoms with Gasteiger partial charge in [-0.25, -0.2) is 4.39 Å². The Kier molecular flexibility index (Phi) is 5.04. The number of rotatable bonds is 4. The molecule has 5 heteroatoms. The molecule has 0 spiro atoms. The molecule has 2 aromatic rings. The molecule has 2 rings (SSSR count). The van der Waals surface area contributed by atoms with Crippen LogP contribution in [-0.4, -0.2) is 12.5 Å². The summed E-state index contributed by atoms with van der Waals surface area (Å²) in [6.07, 6.45) is 0.427. The average Bonchev–Trinajstić information content (AvgIpc) is 2.43. The van der Waals surface area contributed by atoms with Gasteiger partial charge in [0, 0.05) is 11.4 Å². The molecule has 2 nitrogen and oxygen atoms in total. The van der Waals surface area contributed by atoms with Gasteiger partial charge in [0.15, 0.2) is 0 Å². The van der Waals surface area contributed by atoms with Crippen molar-refractivity contribution in [2.24, 2.45) is 0 Å². The van der Waals surface area contributed by atoms with Crippen molar-refractivity contribution in [1.82, 2.24) is 5.32 Å². The quantitative estimate of drug-likeness (QED) is 0.828. The number of carbonyl (C=O) groups is 1. The number of hydrogen-bond acceptors (Lipinski definition) is 2. The maximum absolute atomic E-state index is 13.4. The van der Waals surface area contributed by atoms with E-state index in [0.29, 0.717) is 34.0 Å². The van der Waals surface area contributed by atoms with E-state index < -0.39 is 0 Å². The largest absolute Gasteiger partial charge is 0.352 e. The molecule has 0 radical (unpaired) electrons. The van der Waals surface area contributed by atoms with Crippen LogP contribution >= 0.6 is 24.2 Å². The van der Waals surface area contributed by atoms with Crippen molar-refractivity contribution in [3.05, 3.63) is 64.4 Å². The first-order valence-corrected chi connectivity index (χ1v) is 6.90. The second-order valence-electron chi connectivity index (χ2n) is 4.26. The number of thiol groups is 1. The third-order valence-electron chi connectivity index (χ3n) is 2.83. The van der Waals surface area contributed by atoms with Crippen molar-refractivity contribution in [1.29, 1.82) is 0 Å². The molecule has 20 heavy (non-hydrogen) atoms. The second kappa shape index (κ2) is 6.77. The van der Waals surface area contributed by atoms with Crippen molar-refractivity contribution in [2.75, 3.05) is 6.54 Å². The zero-order valence-corrected chi connectivity index (χ0v) is 12.2. The summed E-state index contributed by atoms with van der Waals surface area (Å²) >= 11 is 10.1. The van der Waals surface area contributed by atoms with Crippen LogP contribution < -0.4 is 5.32 Å². The predicted octanol–water partition coefficient (Wildman–Crippen LogP) is 3.74. The molecule has 0 saturated heterocycles. The molecule has 0 heterocycles. The summed E-state index contributed by atoms with van der Waals surface area (Å²) in [5, 5.41) is 3.09. The maximum Gasteiger partial charge on any atom is 0.252 e. The monoisotopic (exact) mass is 309 g/mol. The van der Waals surface area contributed by atoms with Crippen LogP contribution in [0.4, 0.5) is 4.39 Å². The van der Waals surface area contributed by atoms with E-state index in [1.54, 1.807) is 36.4 Å². The first-order valence-electron chi connectivity index (χ1n) is 6.08. The number of hydrogen-bond donors (Lipinski definition) is 2. The molecule has 0 atom stereocenters. The van der Waals surface area contributed by atoms with Crippen LogP contribution in [0.5, 0.6) is 0 Å². The summed E-state index contributed by atoms with van der Waals surface area (Å²) in [6.45, 7) is 0.340. The molecule has 0 aliphatic heterocycles. The van der Waals surface area contributed by atoms with E-state index in [2.05, 4.69) is 17.9 Å². The minimum absolute atomic E-state index is 0.267. The van der Waals surface area contributed by atoms with Crippen molar-refractivity contribution >= 4 is 30.1 Å². The van der Waals surface area contributed by atoms with Crippen LogP contribution in [0, 0.1) is 5.82 Å². The van der Waals surface area contributed by atoms with Gasteiger partial charge in [-0.1, -0.05) is 29.8 Å². The molecule has 0 unspecified atom stereocenters. The summed E-state index contributed by atoms with van der Waals surface area (Å²) in [5.41, 5.74) is 0.939. The molecular formula is C15H13ClFNOS. The summed E-state index contributed by atoms with van der Waals surface area (Å²) in [7, 11) is 0. The van der Waals surface area contributed by atoms with Gasteiger partial charge in [0.1, 0.15) is 5.82 Å². The van der Waals surface area contributed by atoms with Gasteiger partial charge in [-0.15, -0.1) is 12.6 Å². The number of amides is 1. The Labute approximate surface area is 127 Å². The van der Waals surface area contributed by atoms with E-state index in [-0.39, 0.29) is 11.7 Å². The van der Waals surface area contributed by atoms with Crippen molar-refractivity contribution in [2.45, 2.75) is 11.3 Å². The zero-order valence-electron chi connectivity index (χ0n) is 10.6. The topological polar surface area (TPSA) is 29.1 Å². The van der Waals surface area contributed by atoms with E-state index in [9.17, 15) is 9.18 Å². The third-order valence-corrected chi connectivity index (χ3v) is 3.44. The van der Waals surface area contributed by atoms with E-state index >= 15 is 0 Å². The number of halogens is 2. The fraction of sp³-hybridized carbons (Fsp3) is 0.133. The normalized spacial score (nSPS) is 10.3. The van der Waals surface area contributed by atoms with Crippen molar-refractivity contribution in [3.8, 4) is 0 Å². The predicted molar refractivity (Wildman–Crippen MR) is 81.1 cm³/mol. The van der Waals surface area contributed by atoms with Crippen molar-refractivity contribution in [3.63, 3.8) is 0 Å². The van der Waals surface area contributed by atoms with Gasteiger partial charge in [0.25, 0.3) is 5.91 Å². The lowest BCUT2D eigenvalue weighted by Gasteiger charge is -2.08. The van der Waals surface area contributed by atoms with E-state index in [4.69, 9.17) is 11.6 Å². The highest BCUT2D eigenvalue weighted by atomic mass is 35.5. The van der Waals surface area contributed by atoms with Crippen LogP contribution in [0.25, 0.3) is 0 Å². The zero-order chi connectivity index (χ0) is 14.5. The Hall–Kier alpha value is -1.52. The lowest BCUT2D eigenvalue weighted by Crippen LogP contribution is -2.26. The first-order chi connectivity index (χ1) is 9.58. The van der Waals surface area contributed by atoms with Gasteiger partial charge >= 0.3 is 0 Å². The SMILES string of the molecule is O=C(NCCc1ccccc1F)c1cc(S)ccc1Cl. The Morgan fingerprint density at radius 1 is 1.25 bits per heavy atom. The molecule has 0 aliphatic rings. The van der Waals surface area contributed by atoms with Gasteiger partial charge in [-0.2, -0.15) is 0 Å². The lowest BCUT2D eigenvalue weighted by molar-refractivity contribution is 0.0954. The minimum atomic E-state index is -0.290. The first kappa shape index (κ1) is 14.9. The highest BCUT2D eigenvalue weighted by molar-refractivity contribution is 7.80. The molecule has 0 aromatic heterocycles. The molecule has 0 saturated carbocycles. The van der Waals surface area contributed by atoms with Crippen LogP contribution in [0.15, 0.2) is 47.4 Å². The van der Waals surface area contributed by atoms with Gasteiger partial charge in [0.05, 0.1) is 10.6 Å². The summed E-state index contributed by atoms with van der Waals surface area (Å²) in [5.74, 6) is -0.556. The molecule has 2 aromatic carbocycles. The number of nitrogens with one attached hydrogen (secondary N) is 1. The Balaban J connectivity index is 1.96. The van der Waals surface area contributed by atoms with Crippen LogP contribution in [0.3, 0.4) is 0 Å². The van der Waals surface area contributed by atoms with Gasteiger partial charge in [0.2, 0.25) is 0 Å². The lowest BCUT2D eigenvalue weighted by atomic mass is 10.1. The van der Waals surface area contributed by atoms with Gasteiger partial charge in [-0.3, -0.25) is 4.79 Å². The smallest absolute Gasteiger partial charge is 0.252 e. The summed E-state index contributed by atoms with van der Waals surface area (Å²) < 4.78 is 13.4. The highest BCUT2D eigenvalue weighted by Crippen LogP contribution is 2.19. The molecule has 104 valence electrons. The third kappa shape index (κ3) is 3.74. The van der Waals surface area contributed by atoms with Crippen LogP contribution in [-0.2, 0) is 6.42 Å². The maximum atomic E-state index is 13.4. The van der Waals surface area contributed by atoms with E-state index in [1.807, 2.05) is 0 Å². The number of benzene rings is 2. The molecule has 1 amide bonds. The van der Waals surface area contributed by atoms with Crippen molar-refractivity contribution < 1.29 is 9.18 Å². The fourth-order valence-corrected chi connectivity index (χ4v) is 2.20. The summed E-state index contributed by atoms with van der Waals surface area (Å²) in [6, 6.07) is 11.4. The average molecular weight is 310 g/mol. The Morgan fingerprint density at radius 2 is 2.00 bits per heavy atom. The molecule has 0 aliphatic carbocycles. The van der Waals surface area contributed by atoms with Gasteiger partial charge < -0.3 is 5.32 Å². The minimum Gasteiger partial charge on any atom is -0.352 e. The fourth-order valence-electron chi connectivity index (χ4n) is 1.79. The highest BCUT2D eigenvalue weighted by Gasteiger charge is 2.10. The molecular weight excluding hydrogens is 297 g/mol.